The summed E-state index contributed by atoms with van der Waals surface area (Å²) in [6.45, 7) is 2.71. The van der Waals surface area contributed by atoms with Crippen LogP contribution >= 0.6 is 50.9 Å². The van der Waals surface area contributed by atoms with E-state index in [1.165, 1.54) is 11.8 Å². The number of aromatic nitrogens is 3. The Labute approximate surface area is 179 Å². The van der Waals surface area contributed by atoms with Gasteiger partial charge in [0.2, 0.25) is 5.91 Å². The van der Waals surface area contributed by atoms with Gasteiger partial charge in [-0.25, -0.2) is 0 Å². The summed E-state index contributed by atoms with van der Waals surface area (Å²) in [5.41, 5.74) is 1.56. The smallest absolute Gasteiger partial charge is 0.234 e. The average molecular weight is 486 g/mol. The third kappa shape index (κ3) is 4.85. The Kier molecular flexibility index (Phi) is 6.81. The van der Waals surface area contributed by atoms with Crippen molar-refractivity contribution >= 4 is 62.5 Å². The molecule has 140 valence electrons. The molecule has 0 aliphatic rings. The van der Waals surface area contributed by atoms with Crippen LogP contribution in [-0.2, 0) is 11.3 Å². The first-order valence-electron chi connectivity index (χ1n) is 8.05. The van der Waals surface area contributed by atoms with Gasteiger partial charge in [-0.2, -0.15) is 0 Å². The fourth-order valence-corrected chi connectivity index (χ4v) is 3.99. The molecule has 3 rings (SSSR count). The summed E-state index contributed by atoms with van der Waals surface area (Å²) in [6, 6.07) is 12.8. The summed E-state index contributed by atoms with van der Waals surface area (Å²) in [6.07, 6.45) is 0. The second-order valence-electron chi connectivity index (χ2n) is 5.50. The van der Waals surface area contributed by atoms with Gasteiger partial charge < -0.3 is 9.88 Å². The number of carbonyl (C=O) groups excluding carboxylic acids is 1. The van der Waals surface area contributed by atoms with Gasteiger partial charge in [-0.3, -0.25) is 4.79 Å². The highest BCUT2D eigenvalue weighted by Gasteiger charge is 2.16. The number of amides is 1. The van der Waals surface area contributed by atoms with Crippen LogP contribution < -0.4 is 5.32 Å². The second kappa shape index (κ2) is 9.10. The van der Waals surface area contributed by atoms with Crippen LogP contribution in [0, 0.1) is 0 Å². The lowest BCUT2D eigenvalue weighted by Gasteiger charge is -2.09. The fourth-order valence-electron chi connectivity index (χ4n) is 2.42. The highest BCUT2D eigenvalue weighted by atomic mass is 79.9. The molecule has 0 saturated heterocycles. The number of nitrogens with one attached hydrogen (secondary N) is 1. The van der Waals surface area contributed by atoms with E-state index in [0.717, 1.165) is 15.9 Å². The van der Waals surface area contributed by atoms with Crippen LogP contribution in [0.2, 0.25) is 10.0 Å². The molecule has 0 radical (unpaired) electrons. The van der Waals surface area contributed by atoms with Gasteiger partial charge in [0.15, 0.2) is 11.0 Å². The molecule has 1 amide bonds. The first-order valence-corrected chi connectivity index (χ1v) is 10.6. The molecule has 0 spiro atoms. The zero-order valence-electron chi connectivity index (χ0n) is 14.2. The Hall–Kier alpha value is -1.54. The van der Waals surface area contributed by atoms with Crippen LogP contribution in [0.4, 0.5) is 5.69 Å². The Morgan fingerprint density at radius 3 is 2.67 bits per heavy atom. The Bertz CT molecular complexity index is 980. The molecule has 1 aromatic heterocycles. The lowest BCUT2D eigenvalue weighted by atomic mass is 10.2. The number of carbonyl (C=O) groups is 1. The lowest BCUT2D eigenvalue weighted by Crippen LogP contribution is -2.14. The topological polar surface area (TPSA) is 59.8 Å². The zero-order valence-corrected chi connectivity index (χ0v) is 18.2. The molecule has 0 fully saturated rings. The highest BCUT2D eigenvalue weighted by molar-refractivity contribution is 9.10. The molecule has 0 saturated carbocycles. The molecule has 0 bridgehead atoms. The number of rotatable bonds is 6. The number of hydrogen-bond donors (Lipinski definition) is 1. The molecular weight excluding hydrogens is 471 g/mol. The van der Waals surface area contributed by atoms with Crippen molar-refractivity contribution in [2.45, 2.75) is 18.6 Å². The van der Waals surface area contributed by atoms with Crippen molar-refractivity contribution in [3.05, 3.63) is 57.0 Å². The van der Waals surface area contributed by atoms with Crippen molar-refractivity contribution in [3.63, 3.8) is 0 Å². The Morgan fingerprint density at radius 2 is 1.96 bits per heavy atom. The molecule has 0 aliphatic carbocycles. The summed E-state index contributed by atoms with van der Waals surface area (Å²) in [5, 5.41) is 12.9. The van der Waals surface area contributed by atoms with Crippen LogP contribution in [0.3, 0.4) is 0 Å². The third-order valence-corrected chi connectivity index (χ3v) is 6.08. The van der Waals surface area contributed by atoms with Gasteiger partial charge >= 0.3 is 0 Å². The van der Waals surface area contributed by atoms with Crippen molar-refractivity contribution < 1.29 is 4.79 Å². The maximum Gasteiger partial charge on any atom is 0.234 e. The Balaban J connectivity index is 1.70. The molecule has 5 nitrogen and oxygen atoms in total. The summed E-state index contributed by atoms with van der Waals surface area (Å²) in [5.74, 6) is 0.804. The number of anilines is 1. The summed E-state index contributed by atoms with van der Waals surface area (Å²) >= 11 is 16.7. The number of nitrogens with zero attached hydrogens (tertiary/aromatic N) is 3. The van der Waals surface area contributed by atoms with Crippen molar-refractivity contribution in [3.8, 4) is 11.4 Å². The molecule has 0 atom stereocenters. The van der Waals surface area contributed by atoms with Gasteiger partial charge in [0.25, 0.3) is 0 Å². The number of halogens is 3. The fraction of sp³-hybridized carbons (Fsp3) is 0.167. The van der Waals surface area contributed by atoms with Crippen molar-refractivity contribution in [2.24, 2.45) is 0 Å². The van der Waals surface area contributed by atoms with E-state index in [1.54, 1.807) is 18.2 Å². The quantitative estimate of drug-likeness (QED) is 0.450. The van der Waals surface area contributed by atoms with Crippen LogP contribution in [0.25, 0.3) is 11.4 Å². The highest BCUT2D eigenvalue weighted by Crippen LogP contribution is 2.30. The number of thioether (sulfide) groups is 1. The predicted molar refractivity (Wildman–Crippen MR) is 115 cm³/mol. The van der Waals surface area contributed by atoms with E-state index in [1.807, 2.05) is 35.8 Å². The summed E-state index contributed by atoms with van der Waals surface area (Å²) in [7, 11) is 0. The predicted octanol–water partition coefficient (Wildman–Crippen LogP) is 5.77. The monoisotopic (exact) mass is 484 g/mol. The first-order chi connectivity index (χ1) is 13.0. The van der Waals surface area contributed by atoms with Crippen LogP contribution in [-0.4, -0.2) is 26.4 Å². The van der Waals surface area contributed by atoms with Gasteiger partial charge in [0, 0.05) is 22.3 Å². The molecule has 2 aromatic carbocycles. The largest absolute Gasteiger partial charge is 0.325 e. The van der Waals surface area contributed by atoms with Gasteiger partial charge in [0.1, 0.15) is 0 Å². The first kappa shape index (κ1) is 20.2. The molecule has 3 aromatic rings. The van der Waals surface area contributed by atoms with Gasteiger partial charge in [-0.05, 0) is 31.2 Å². The third-order valence-electron chi connectivity index (χ3n) is 3.68. The summed E-state index contributed by atoms with van der Waals surface area (Å²) < 4.78 is 2.93. The maximum atomic E-state index is 12.2. The molecule has 0 aliphatic heterocycles. The standard InChI is InChI=1S/C18H15BrCl2N4OS/c1-2-25-17(12-5-3-4-6-13(12)19)23-24-18(25)27-10-16(26)22-11-7-8-14(20)15(21)9-11/h3-9H,2,10H2,1H3,(H,22,26). The molecule has 1 heterocycles. The normalized spacial score (nSPS) is 10.8. The average Bonchev–Trinajstić information content (AvgIpc) is 3.06. The SMILES string of the molecule is CCn1c(SCC(=O)Nc2ccc(Cl)c(Cl)c2)nnc1-c1ccccc1Br. The number of benzene rings is 2. The lowest BCUT2D eigenvalue weighted by molar-refractivity contribution is -0.113. The minimum Gasteiger partial charge on any atom is -0.325 e. The van der Waals surface area contributed by atoms with Gasteiger partial charge in [-0.1, -0.05) is 69.1 Å². The van der Waals surface area contributed by atoms with Crippen LogP contribution in [0.1, 0.15) is 6.92 Å². The van der Waals surface area contributed by atoms with Crippen molar-refractivity contribution in [1.82, 2.24) is 14.8 Å². The number of hydrogen-bond acceptors (Lipinski definition) is 4. The molecule has 1 N–H and O–H groups in total. The van der Waals surface area contributed by atoms with Crippen LogP contribution in [0.15, 0.2) is 52.1 Å². The summed E-state index contributed by atoms with van der Waals surface area (Å²) in [4.78, 5) is 12.2. The van der Waals surface area contributed by atoms with Crippen LogP contribution in [0.5, 0.6) is 0 Å². The van der Waals surface area contributed by atoms with E-state index in [0.29, 0.717) is 27.4 Å². The molecule has 27 heavy (non-hydrogen) atoms. The minimum atomic E-state index is -0.161. The van der Waals surface area contributed by atoms with E-state index in [2.05, 4.69) is 31.4 Å². The van der Waals surface area contributed by atoms with Crippen molar-refractivity contribution in [1.29, 1.82) is 0 Å². The van der Waals surface area contributed by atoms with Crippen molar-refractivity contribution in [2.75, 3.05) is 11.1 Å². The van der Waals surface area contributed by atoms with E-state index in [-0.39, 0.29) is 11.7 Å². The van der Waals surface area contributed by atoms with E-state index in [4.69, 9.17) is 23.2 Å². The van der Waals surface area contributed by atoms with Gasteiger partial charge in [0.05, 0.1) is 15.8 Å². The van der Waals surface area contributed by atoms with Gasteiger partial charge in [-0.15, -0.1) is 10.2 Å². The Morgan fingerprint density at radius 1 is 1.19 bits per heavy atom. The molecule has 0 unspecified atom stereocenters. The molecular formula is C18H15BrCl2N4OS. The maximum absolute atomic E-state index is 12.2. The molecule has 9 heteroatoms. The van der Waals surface area contributed by atoms with E-state index in [9.17, 15) is 4.79 Å². The zero-order chi connectivity index (χ0) is 19.4. The van der Waals surface area contributed by atoms with E-state index >= 15 is 0 Å². The second-order valence-corrected chi connectivity index (χ2v) is 8.11. The minimum absolute atomic E-state index is 0.161. The van der Waals surface area contributed by atoms with E-state index < -0.39 is 0 Å².